The summed E-state index contributed by atoms with van der Waals surface area (Å²) in [6, 6.07) is 3.77. The molecule has 96 valence electrons. The van der Waals surface area contributed by atoms with Gasteiger partial charge in [-0.15, -0.1) is 0 Å². The number of rotatable bonds is 4. The Kier molecular flexibility index (Phi) is 6.65. The van der Waals surface area contributed by atoms with Gasteiger partial charge in [0.1, 0.15) is 18.1 Å². The van der Waals surface area contributed by atoms with Crippen LogP contribution in [0.4, 0.5) is 5.69 Å². The first-order valence-corrected chi connectivity index (χ1v) is 6.59. The third kappa shape index (κ3) is 4.71. The monoisotopic (exact) mass is 275 g/mol. The highest BCUT2D eigenvalue weighted by atomic mass is 35.5. The first kappa shape index (κ1) is 14.6. The molecule has 1 aromatic rings. The molecular weight excluding hydrogens is 258 g/mol. The number of ether oxygens (including phenoxy) is 1. The van der Waals surface area contributed by atoms with Crippen LogP contribution < -0.4 is 23.0 Å². The molecule has 0 unspecified atom stereocenters. The van der Waals surface area contributed by atoms with Crippen molar-refractivity contribution in [3.05, 3.63) is 18.3 Å². The fraction of sp³-hybridized carbons (Fsp3) is 0.545. The lowest BCUT2D eigenvalue weighted by atomic mass is 10.4. The highest BCUT2D eigenvalue weighted by Gasteiger charge is 2.13. The van der Waals surface area contributed by atoms with Crippen LogP contribution in [-0.4, -0.2) is 43.6 Å². The van der Waals surface area contributed by atoms with Gasteiger partial charge < -0.3 is 27.8 Å². The van der Waals surface area contributed by atoms with Crippen LogP contribution in [0.1, 0.15) is 0 Å². The second-order valence-corrected chi connectivity index (χ2v) is 4.94. The SMILES string of the molecule is Nc1cccnc1SCC[NH+]1CCOCC1.[Cl-]. The number of halogens is 1. The highest BCUT2D eigenvalue weighted by Crippen LogP contribution is 2.20. The maximum absolute atomic E-state index is 5.83. The van der Waals surface area contributed by atoms with Crippen LogP contribution in [0.25, 0.3) is 0 Å². The molecule has 1 aliphatic heterocycles. The number of pyridine rings is 1. The van der Waals surface area contributed by atoms with E-state index in [4.69, 9.17) is 10.5 Å². The first-order chi connectivity index (χ1) is 7.86. The average Bonchev–Trinajstić information content (AvgIpc) is 2.33. The van der Waals surface area contributed by atoms with Gasteiger partial charge >= 0.3 is 0 Å². The van der Waals surface area contributed by atoms with Gasteiger partial charge in [-0.05, 0) is 12.1 Å². The largest absolute Gasteiger partial charge is 1.00 e. The van der Waals surface area contributed by atoms with Crippen LogP contribution in [0.15, 0.2) is 23.4 Å². The van der Waals surface area contributed by atoms with Crippen LogP contribution in [0.5, 0.6) is 0 Å². The van der Waals surface area contributed by atoms with Crippen molar-refractivity contribution in [1.29, 1.82) is 0 Å². The zero-order chi connectivity index (χ0) is 11.2. The van der Waals surface area contributed by atoms with Gasteiger partial charge in [-0.1, -0.05) is 11.8 Å². The number of hydrogen-bond acceptors (Lipinski definition) is 4. The number of thioether (sulfide) groups is 1. The molecule has 4 nitrogen and oxygen atoms in total. The van der Waals surface area contributed by atoms with Crippen LogP contribution in [0.2, 0.25) is 0 Å². The van der Waals surface area contributed by atoms with Crippen molar-refractivity contribution in [2.45, 2.75) is 5.03 Å². The topological polar surface area (TPSA) is 52.6 Å². The Balaban J connectivity index is 0.00000144. The Labute approximate surface area is 112 Å². The van der Waals surface area contributed by atoms with Crippen LogP contribution in [0, 0.1) is 0 Å². The minimum absolute atomic E-state index is 0. The summed E-state index contributed by atoms with van der Waals surface area (Å²) in [5, 5.41) is 0.954. The lowest BCUT2D eigenvalue weighted by Gasteiger charge is -2.23. The molecule has 3 N–H and O–H groups in total. The van der Waals surface area contributed by atoms with E-state index in [0.29, 0.717) is 0 Å². The van der Waals surface area contributed by atoms with E-state index < -0.39 is 0 Å². The van der Waals surface area contributed by atoms with Gasteiger partial charge in [0, 0.05) is 11.9 Å². The second kappa shape index (κ2) is 7.76. The Morgan fingerprint density at radius 3 is 2.88 bits per heavy atom. The van der Waals surface area contributed by atoms with Crippen molar-refractivity contribution in [2.24, 2.45) is 0 Å². The standard InChI is InChI=1S/C11H17N3OS.ClH/c12-10-2-1-3-13-11(10)16-9-6-14-4-7-15-8-5-14;/h1-3H,4-9,12H2;1H. The molecule has 17 heavy (non-hydrogen) atoms. The molecule has 0 spiro atoms. The Morgan fingerprint density at radius 2 is 2.18 bits per heavy atom. The minimum Gasteiger partial charge on any atom is -1.00 e. The molecule has 0 amide bonds. The first-order valence-electron chi connectivity index (χ1n) is 5.61. The third-order valence-corrected chi connectivity index (χ3v) is 3.72. The van der Waals surface area contributed by atoms with Crippen molar-refractivity contribution in [1.82, 2.24) is 4.98 Å². The van der Waals surface area contributed by atoms with Gasteiger partial charge in [-0.25, -0.2) is 4.98 Å². The van der Waals surface area contributed by atoms with Gasteiger partial charge in [-0.3, -0.25) is 0 Å². The molecule has 1 fully saturated rings. The normalized spacial score (nSPS) is 16.5. The summed E-state index contributed by atoms with van der Waals surface area (Å²) in [7, 11) is 0. The van der Waals surface area contributed by atoms with E-state index in [1.807, 2.05) is 12.1 Å². The number of nitrogens with zero attached hydrogens (tertiary/aromatic N) is 1. The van der Waals surface area contributed by atoms with Crippen LogP contribution in [0.3, 0.4) is 0 Å². The number of nitrogens with one attached hydrogen (secondary N) is 1. The predicted molar refractivity (Wildman–Crippen MR) is 65.8 cm³/mol. The summed E-state index contributed by atoms with van der Waals surface area (Å²) in [5.74, 6) is 1.07. The molecule has 1 aliphatic rings. The van der Waals surface area contributed by atoms with Crippen molar-refractivity contribution >= 4 is 17.4 Å². The number of quaternary nitrogens is 1. The average molecular weight is 276 g/mol. The summed E-state index contributed by atoms with van der Waals surface area (Å²) in [6.45, 7) is 5.19. The Bertz CT molecular complexity index is 334. The summed E-state index contributed by atoms with van der Waals surface area (Å²) in [5.41, 5.74) is 6.61. The number of nitrogens with two attached hydrogens (primary N) is 1. The second-order valence-electron chi connectivity index (χ2n) is 3.86. The maximum Gasteiger partial charge on any atom is 0.119 e. The summed E-state index contributed by atoms with van der Waals surface area (Å²) < 4.78 is 5.32. The van der Waals surface area contributed by atoms with Gasteiger partial charge in [-0.2, -0.15) is 0 Å². The van der Waals surface area contributed by atoms with Crippen molar-refractivity contribution in [2.75, 3.05) is 44.3 Å². The molecule has 0 saturated carbocycles. The van der Waals surface area contributed by atoms with E-state index in [0.717, 1.165) is 49.3 Å². The van der Waals surface area contributed by atoms with E-state index in [9.17, 15) is 0 Å². The summed E-state index contributed by atoms with van der Waals surface area (Å²) in [4.78, 5) is 5.88. The minimum atomic E-state index is 0. The molecule has 2 rings (SSSR count). The lowest BCUT2D eigenvalue weighted by molar-refractivity contribution is -0.905. The van der Waals surface area contributed by atoms with E-state index in [-0.39, 0.29) is 12.4 Å². The van der Waals surface area contributed by atoms with E-state index in [1.165, 1.54) is 0 Å². The van der Waals surface area contributed by atoms with Gasteiger partial charge in [0.25, 0.3) is 0 Å². The molecule has 6 heteroatoms. The molecule has 1 aromatic heterocycles. The molecule has 0 aliphatic carbocycles. The third-order valence-electron chi connectivity index (χ3n) is 2.69. The number of nitrogen functional groups attached to an aromatic ring is 1. The zero-order valence-corrected chi connectivity index (χ0v) is 11.3. The summed E-state index contributed by atoms with van der Waals surface area (Å²) >= 11 is 1.74. The summed E-state index contributed by atoms with van der Waals surface area (Å²) in [6.07, 6.45) is 1.79. The molecule has 1 saturated heterocycles. The van der Waals surface area contributed by atoms with Crippen molar-refractivity contribution in [3.63, 3.8) is 0 Å². The predicted octanol–water partition coefficient (Wildman–Crippen LogP) is -3.32. The maximum atomic E-state index is 5.83. The van der Waals surface area contributed by atoms with E-state index >= 15 is 0 Å². The number of morpholine rings is 1. The van der Waals surface area contributed by atoms with Gasteiger partial charge in [0.05, 0.1) is 25.4 Å². The molecular formula is C11H18ClN3OS. The smallest absolute Gasteiger partial charge is 0.119 e. The number of anilines is 1. The molecule has 0 radical (unpaired) electrons. The van der Waals surface area contributed by atoms with Crippen molar-refractivity contribution in [3.8, 4) is 0 Å². The van der Waals surface area contributed by atoms with Gasteiger partial charge in [0.15, 0.2) is 0 Å². The fourth-order valence-electron chi connectivity index (χ4n) is 1.73. The van der Waals surface area contributed by atoms with E-state index in [1.54, 1.807) is 22.9 Å². The Morgan fingerprint density at radius 1 is 1.41 bits per heavy atom. The number of aromatic nitrogens is 1. The Hall–Kier alpha value is -0.490. The number of hydrogen-bond donors (Lipinski definition) is 2. The molecule has 0 atom stereocenters. The molecule has 0 bridgehead atoms. The zero-order valence-electron chi connectivity index (χ0n) is 9.69. The highest BCUT2D eigenvalue weighted by molar-refractivity contribution is 7.99. The lowest BCUT2D eigenvalue weighted by Crippen LogP contribution is -3.14. The van der Waals surface area contributed by atoms with Gasteiger partial charge in [0.2, 0.25) is 0 Å². The van der Waals surface area contributed by atoms with E-state index in [2.05, 4.69) is 4.98 Å². The van der Waals surface area contributed by atoms with Crippen molar-refractivity contribution < 1.29 is 22.0 Å². The molecule has 0 aromatic carbocycles. The van der Waals surface area contributed by atoms with Crippen LogP contribution in [-0.2, 0) is 4.74 Å². The van der Waals surface area contributed by atoms with Crippen LogP contribution >= 0.6 is 11.8 Å². The quantitative estimate of drug-likeness (QED) is 0.565. The molecule has 2 heterocycles. The fourth-order valence-corrected chi connectivity index (χ4v) is 2.68.